The average Bonchev–Trinajstić information content (AvgIpc) is 2.50. The largest absolute Gasteiger partial charge is 0.493 e. The molecule has 21 heavy (non-hydrogen) atoms. The Morgan fingerprint density at radius 3 is 2.05 bits per heavy atom. The van der Waals surface area contributed by atoms with Gasteiger partial charge >= 0.3 is 0 Å². The highest BCUT2D eigenvalue weighted by Crippen LogP contribution is 2.38. The Kier molecular flexibility index (Phi) is 6.81. The number of methoxy groups -OCH3 is 3. The van der Waals surface area contributed by atoms with E-state index in [0.29, 0.717) is 23.8 Å². The minimum Gasteiger partial charge on any atom is -0.493 e. The van der Waals surface area contributed by atoms with Crippen molar-refractivity contribution < 1.29 is 19.0 Å². The maximum absolute atomic E-state index is 11.9. The summed E-state index contributed by atoms with van der Waals surface area (Å²) in [5.41, 5.74) is 0.876. The second kappa shape index (κ2) is 8.12. The minimum absolute atomic E-state index is 0.0428. The summed E-state index contributed by atoms with van der Waals surface area (Å²) in [6.45, 7) is 4.36. The van der Waals surface area contributed by atoms with E-state index < -0.39 is 0 Å². The van der Waals surface area contributed by atoms with Crippen molar-refractivity contribution in [3.63, 3.8) is 0 Å². The molecule has 0 saturated carbocycles. The van der Waals surface area contributed by atoms with Crippen LogP contribution in [-0.2, 0) is 11.3 Å². The SMILES string of the molecule is COc1cc(CNC(=O)C(Br)C(C)C)cc(OC)c1OC. The lowest BCUT2D eigenvalue weighted by atomic mass is 10.1. The zero-order chi connectivity index (χ0) is 16.0. The van der Waals surface area contributed by atoms with Crippen LogP contribution in [0.3, 0.4) is 0 Å². The van der Waals surface area contributed by atoms with Gasteiger partial charge in [0.05, 0.1) is 26.2 Å². The topological polar surface area (TPSA) is 56.8 Å². The molecule has 1 N–H and O–H groups in total. The van der Waals surface area contributed by atoms with E-state index >= 15 is 0 Å². The molecule has 0 aliphatic carbocycles. The molecule has 0 saturated heterocycles. The number of ether oxygens (including phenoxy) is 3. The molecule has 1 amide bonds. The molecule has 0 fully saturated rings. The van der Waals surface area contributed by atoms with Gasteiger partial charge in [-0.3, -0.25) is 4.79 Å². The number of hydrogen-bond donors (Lipinski definition) is 1. The number of amides is 1. The summed E-state index contributed by atoms with van der Waals surface area (Å²) in [5.74, 6) is 1.86. The number of nitrogens with one attached hydrogen (secondary N) is 1. The third-order valence-corrected chi connectivity index (χ3v) is 4.50. The molecule has 1 unspecified atom stereocenters. The molecule has 6 heteroatoms. The zero-order valence-electron chi connectivity index (χ0n) is 13.0. The lowest BCUT2D eigenvalue weighted by Crippen LogP contribution is -2.33. The molecule has 5 nitrogen and oxygen atoms in total. The van der Waals surface area contributed by atoms with Crippen LogP contribution in [0.15, 0.2) is 12.1 Å². The molecule has 0 radical (unpaired) electrons. The van der Waals surface area contributed by atoms with Crippen LogP contribution in [0.4, 0.5) is 0 Å². The van der Waals surface area contributed by atoms with Crippen molar-refractivity contribution in [3.05, 3.63) is 17.7 Å². The van der Waals surface area contributed by atoms with Crippen molar-refractivity contribution in [1.29, 1.82) is 0 Å². The highest BCUT2D eigenvalue weighted by molar-refractivity contribution is 9.10. The Bertz CT molecular complexity index is 466. The van der Waals surface area contributed by atoms with Gasteiger partial charge in [0.15, 0.2) is 11.5 Å². The Labute approximate surface area is 134 Å². The van der Waals surface area contributed by atoms with E-state index in [9.17, 15) is 4.79 Å². The number of carbonyl (C=O) groups excluding carboxylic acids is 1. The Hall–Kier alpha value is -1.43. The van der Waals surface area contributed by atoms with Crippen LogP contribution in [0.25, 0.3) is 0 Å². The van der Waals surface area contributed by atoms with Crippen LogP contribution >= 0.6 is 15.9 Å². The normalized spacial score (nSPS) is 12.0. The van der Waals surface area contributed by atoms with Crippen LogP contribution in [0.5, 0.6) is 17.2 Å². The maximum Gasteiger partial charge on any atom is 0.234 e. The van der Waals surface area contributed by atoms with E-state index in [1.54, 1.807) is 21.3 Å². The van der Waals surface area contributed by atoms with Crippen LogP contribution < -0.4 is 19.5 Å². The molecule has 0 aliphatic heterocycles. The third kappa shape index (κ3) is 4.52. The Morgan fingerprint density at radius 1 is 1.14 bits per heavy atom. The summed E-state index contributed by atoms with van der Waals surface area (Å²) in [6, 6.07) is 3.64. The highest BCUT2D eigenvalue weighted by Gasteiger charge is 2.19. The van der Waals surface area contributed by atoms with Gasteiger partial charge in [0.2, 0.25) is 11.7 Å². The highest BCUT2D eigenvalue weighted by atomic mass is 79.9. The van der Waals surface area contributed by atoms with Gasteiger partial charge in [-0.05, 0) is 23.6 Å². The molecule has 0 bridgehead atoms. The quantitative estimate of drug-likeness (QED) is 0.760. The van der Waals surface area contributed by atoms with Crippen LogP contribution in [0.1, 0.15) is 19.4 Å². The summed E-state index contributed by atoms with van der Waals surface area (Å²) in [5, 5.41) is 2.88. The van der Waals surface area contributed by atoms with E-state index in [1.165, 1.54) is 0 Å². The van der Waals surface area contributed by atoms with E-state index in [0.717, 1.165) is 5.56 Å². The standard InChI is InChI=1S/C15H22BrNO4/c1-9(2)13(16)15(18)17-8-10-6-11(19-3)14(21-5)12(7-10)20-4/h6-7,9,13H,8H2,1-5H3,(H,17,18). The van der Waals surface area contributed by atoms with E-state index in [1.807, 2.05) is 26.0 Å². The van der Waals surface area contributed by atoms with Crippen molar-refractivity contribution in [2.75, 3.05) is 21.3 Å². The first-order valence-electron chi connectivity index (χ1n) is 6.65. The minimum atomic E-state index is -0.209. The van der Waals surface area contributed by atoms with Gasteiger partial charge in [-0.15, -0.1) is 0 Å². The van der Waals surface area contributed by atoms with Gasteiger partial charge in [-0.2, -0.15) is 0 Å². The predicted octanol–water partition coefficient (Wildman–Crippen LogP) is 2.75. The van der Waals surface area contributed by atoms with Gasteiger partial charge in [0.25, 0.3) is 0 Å². The smallest absolute Gasteiger partial charge is 0.234 e. The number of halogens is 1. The first kappa shape index (κ1) is 17.6. The monoisotopic (exact) mass is 359 g/mol. The molecule has 1 aromatic rings. The molecule has 1 rings (SSSR count). The fraction of sp³-hybridized carbons (Fsp3) is 0.533. The summed E-state index contributed by atoms with van der Waals surface area (Å²) < 4.78 is 15.8. The van der Waals surface area contributed by atoms with Gasteiger partial charge in [0, 0.05) is 6.54 Å². The third-order valence-electron chi connectivity index (χ3n) is 3.03. The fourth-order valence-electron chi connectivity index (χ4n) is 1.83. The molecule has 1 atom stereocenters. The molecule has 0 aliphatic rings. The first-order valence-corrected chi connectivity index (χ1v) is 7.56. The average molecular weight is 360 g/mol. The van der Waals surface area contributed by atoms with Crippen LogP contribution in [-0.4, -0.2) is 32.1 Å². The van der Waals surface area contributed by atoms with Crippen molar-refractivity contribution in [2.45, 2.75) is 25.2 Å². The summed E-state index contributed by atoms with van der Waals surface area (Å²) >= 11 is 3.38. The van der Waals surface area contributed by atoms with Crippen molar-refractivity contribution >= 4 is 21.8 Å². The Balaban J connectivity index is 2.87. The molecule has 118 valence electrons. The zero-order valence-corrected chi connectivity index (χ0v) is 14.6. The predicted molar refractivity (Wildman–Crippen MR) is 85.5 cm³/mol. The van der Waals surface area contributed by atoms with Crippen molar-refractivity contribution in [1.82, 2.24) is 5.32 Å². The van der Waals surface area contributed by atoms with E-state index in [2.05, 4.69) is 21.2 Å². The van der Waals surface area contributed by atoms with Crippen molar-refractivity contribution in [2.24, 2.45) is 5.92 Å². The van der Waals surface area contributed by atoms with Gasteiger partial charge in [-0.25, -0.2) is 0 Å². The lowest BCUT2D eigenvalue weighted by molar-refractivity contribution is -0.121. The maximum atomic E-state index is 11.9. The number of rotatable bonds is 7. The number of alkyl halides is 1. The number of carbonyl (C=O) groups is 1. The van der Waals surface area contributed by atoms with Crippen LogP contribution in [0.2, 0.25) is 0 Å². The molecule has 0 aromatic heterocycles. The Morgan fingerprint density at radius 2 is 1.67 bits per heavy atom. The molecule has 1 aromatic carbocycles. The van der Waals surface area contributed by atoms with Gasteiger partial charge in [-0.1, -0.05) is 29.8 Å². The van der Waals surface area contributed by atoms with Crippen LogP contribution in [0, 0.1) is 5.92 Å². The van der Waals surface area contributed by atoms with Gasteiger partial charge < -0.3 is 19.5 Å². The van der Waals surface area contributed by atoms with E-state index in [4.69, 9.17) is 14.2 Å². The number of hydrogen-bond acceptors (Lipinski definition) is 4. The second-order valence-corrected chi connectivity index (χ2v) is 5.88. The summed E-state index contributed by atoms with van der Waals surface area (Å²) in [6.07, 6.45) is 0. The molecule has 0 heterocycles. The summed E-state index contributed by atoms with van der Waals surface area (Å²) in [7, 11) is 4.68. The second-order valence-electron chi connectivity index (χ2n) is 4.90. The molecular formula is C15H22BrNO4. The number of benzene rings is 1. The fourth-order valence-corrected chi connectivity index (χ4v) is 1.99. The van der Waals surface area contributed by atoms with E-state index in [-0.39, 0.29) is 16.7 Å². The summed E-state index contributed by atoms with van der Waals surface area (Å²) in [4.78, 5) is 11.7. The lowest BCUT2D eigenvalue weighted by Gasteiger charge is -2.16. The van der Waals surface area contributed by atoms with Crippen molar-refractivity contribution in [3.8, 4) is 17.2 Å². The molecular weight excluding hydrogens is 338 g/mol. The first-order chi connectivity index (χ1) is 9.94. The molecule has 0 spiro atoms. The van der Waals surface area contributed by atoms with Gasteiger partial charge in [0.1, 0.15) is 0 Å².